The number of anilines is 2. The van der Waals surface area contributed by atoms with Gasteiger partial charge in [-0.1, -0.05) is 6.07 Å². The van der Waals surface area contributed by atoms with Crippen molar-refractivity contribution < 1.29 is 4.74 Å². The van der Waals surface area contributed by atoms with Crippen LogP contribution in [0, 0.1) is 0 Å². The summed E-state index contributed by atoms with van der Waals surface area (Å²) < 4.78 is 6.03. The predicted molar refractivity (Wildman–Crippen MR) is 101 cm³/mol. The van der Waals surface area contributed by atoms with Crippen LogP contribution in [0.15, 0.2) is 61.1 Å². The molecule has 26 heavy (non-hydrogen) atoms. The summed E-state index contributed by atoms with van der Waals surface area (Å²) in [6, 6.07) is 13.5. The topological polar surface area (TPSA) is 72.0 Å². The molecule has 0 aliphatic carbocycles. The highest BCUT2D eigenvalue weighted by atomic mass is 16.5. The maximum absolute atomic E-state index is 6.03. The molecule has 2 N–H and O–H groups in total. The number of rotatable bonds is 5. The molecule has 132 valence electrons. The highest BCUT2D eigenvalue weighted by Crippen LogP contribution is 2.32. The first kappa shape index (κ1) is 16.5. The van der Waals surface area contributed by atoms with E-state index in [9.17, 15) is 0 Å². The van der Waals surface area contributed by atoms with E-state index in [1.165, 1.54) is 0 Å². The van der Waals surface area contributed by atoms with E-state index in [2.05, 4.69) is 25.6 Å². The molecule has 2 aromatic heterocycles. The Labute approximate surface area is 152 Å². The molecule has 0 radical (unpaired) electrons. The molecule has 6 heteroatoms. The van der Waals surface area contributed by atoms with E-state index in [-0.39, 0.29) is 0 Å². The van der Waals surface area contributed by atoms with E-state index in [0.29, 0.717) is 11.8 Å². The van der Waals surface area contributed by atoms with E-state index in [4.69, 9.17) is 4.74 Å². The number of hydrogen-bond donors (Lipinski definition) is 2. The van der Waals surface area contributed by atoms with Gasteiger partial charge in [0.2, 0.25) is 5.88 Å². The fourth-order valence-electron chi connectivity index (χ4n) is 3.09. The van der Waals surface area contributed by atoms with Crippen LogP contribution in [0.25, 0.3) is 0 Å². The Morgan fingerprint density at radius 1 is 0.885 bits per heavy atom. The van der Waals surface area contributed by atoms with Gasteiger partial charge >= 0.3 is 0 Å². The SMILES string of the molecule is c1ccc(Nc2ccc(Oc3nccnc3C3CCNCC3)cc2)nc1. The van der Waals surface area contributed by atoms with E-state index in [1.54, 1.807) is 18.6 Å². The first-order valence-electron chi connectivity index (χ1n) is 8.86. The molecule has 0 atom stereocenters. The number of hydrogen-bond acceptors (Lipinski definition) is 6. The van der Waals surface area contributed by atoms with Crippen LogP contribution in [0.5, 0.6) is 11.6 Å². The summed E-state index contributed by atoms with van der Waals surface area (Å²) in [5.74, 6) is 2.55. The fourth-order valence-corrected chi connectivity index (χ4v) is 3.09. The molecule has 6 nitrogen and oxygen atoms in total. The number of aromatic nitrogens is 3. The summed E-state index contributed by atoms with van der Waals surface area (Å²) >= 11 is 0. The van der Waals surface area contributed by atoms with Crippen LogP contribution in [-0.2, 0) is 0 Å². The van der Waals surface area contributed by atoms with Crippen LogP contribution >= 0.6 is 0 Å². The van der Waals surface area contributed by atoms with Gasteiger partial charge in [-0.3, -0.25) is 4.98 Å². The zero-order chi connectivity index (χ0) is 17.6. The Kier molecular flexibility index (Phi) is 5.02. The molecule has 4 rings (SSSR count). The molecule has 0 bridgehead atoms. The van der Waals surface area contributed by atoms with E-state index < -0.39 is 0 Å². The lowest BCUT2D eigenvalue weighted by atomic mass is 9.94. The van der Waals surface area contributed by atoms with Gasteiger partial charge in [-0.05, 0) is 62.3 Å². The standard InChI is InChI=1S/C20H21N5O/c1-2-10-22-18(3-1)25-16-4-6-17(7-5-16)26-20-19(23-13-14-24-20)15-8-11-21-12-9-15/h1-7,10,13-15,21H,8-9,11-12H2,(H,22,25). The van der Waals surface area contributed by atoms with Crippen LogP contribution in [0.4, 0.5) is 11.5 Å². The normalized spacial score (nSPS) is 14.8. The second-order valence-electron chi connectivity index (χ2n) is 6.24. The molecule has 1 saturated heterocycles. The van der Waals surface area contributed by atoms with E-state index in [1.807, 2.05) is 42.5 Å². The maximum atomic E-state index is 6.03. The van der Waals surface area contributed by atoms with Crippen LogP contribution in [-0.4, -0.2) is 28.0 Å². The van der Waals surface area contributed by atoms with Crippen LogP contribution < -0.4 is 15.4 Å². The monoisotopic (exact) mass is 347 g/mol. The van der Waals surface area contributed by atoms with Crippen molar-refractivity contribution in [2.24, 2.45) is 0 Å². The third-order valence-electron chi connectivity index (χ3n) is 4.42. The smallest absolute Gasteiger partial charge is 0.241 e. The van der Waals surface area contributed by atoms with Gasteiger partial charge in [0.25, 0.3) is 0 Å². The minimum atomic E-state index is 0.394. The summed E-state index contributed by atoms with van der Waals surface area (Å²) in [5.41, 5.74) is 1.90. The van der Waals surface area contributed by atoms with Crippen LogP contribution in [0.3, 0.4) is 0 Å². The van der Waals surface area contributed by atoms with Crippen molar-refractivity contribution in [3.05, 3.63) is 66.7 Å². The largest absolute Gasteiger partial charge is 0.437 e. The van der Waals surface area contributed by atoms with Crippen molar-refractivity contribution in [2.45, 2.75) is 18.8 Å². The zero-order valence-corrected chi connectivity index (χ0v) is 14.4. The van der Waals surface area contributed by atoms with Gasteiger partial charge in [-0.15, -0.1) is 0 Å². The molecule has 1 fully saturated rings. The van der Waals surface area contributed by atoms with Crippen molar-refractivity contribution in [1.82, 2.24) is 20.3 Å². The molecule has 3 heterocycles. The summed E-state index contributed by atoms with van der Waals surface area (Å²) in [6.07, 6.45) is 7.29. The molecule has 3 aromatic rings. The first-order chi connectivity index (χ1) is 12.9. The fraction of sp³-hybridized carbons (Fsp3) is 0.250. The third-order valence-corrected chi connectivity index (χ3v) is 4.42. The summed E-state index contributed by atoms with van der Waals surface area (Å²) in [5, 5.41) is 6.64. The van der Waals surface area contributed by atoms with Crippen LogP contribution in [0.2, 0.25) is 0 Å². The van der Waals surface area contributed by atoms with Crippen molar-refractivity contribution in [3.8, 4) is 11.6 Å². The van der Waals surface area contributed by atoms with Crippen molar-refractivity contribution >= 4 is 11.5 Å². The molecule has 1 aromatic carbocycles. The van der Waals surface area contributed by atoms with Crippen molar-refractivity contribution in [1.29, 1.82) is 0 Å². The predicted octanol–water partition coefficient (Wildman–Crippen LogP) is 3.87. The third kappa shape index (κ3) is 3.97. The molecular weight excluding hydrogens is 326 g/mol. The lowest BCUT2D eigenvalue weighted by molar-refractivity contribution is 0.410. The Balaban J connectivity index is 1.47. The Hall–Kier alpha value is -2.99. The minimum absolute atomic E-state index is 0.394. The molecule has 0 unspecified atom stereocenters. The van der Waals surface area contributed by atoms with Gasteiger partial charge < -0.3 is 15.4 Å². The van der Waals surface area contributed by atoms with Gasteiger partial charge in [0.1, 0.15) is 17.3 Å². The number of nitrogens with one attached hydrogen (secondary N) is 2. The lowest BCUT2D eigenvalue weighted by Gasteiger charge is -2.23. The average molecular weight is 347 g/mol. The van der Waals surface area contributed by atoms with E-state index in [0.717, 1.165) is 48.9 Å². The lowest BCUT2D eigenvalue weighted by Crippen LogP contribution is -2.27. The number of ether oxygens (including phenoxy) is 1. The summed E-state index contributed by atoms with van der Waals surface area (Å²) in [6.45, 7) is 2.02. The minimum Gasteiger partial charge on any atom is -0.437 e. The summed E-state index contributed by atoms with van der Waals surface area (Å²) in [7, 11) is 0. The van der Waals surface area contributed by atoms with Gasteiger partial charge in [0.15, 0.2) is 0 Å². The molecule has 0 saturated carbocycles. The second-order valence-corrected chi connectivity index (χ2v) is 6.24. The van der Waals surface area contributed by atoms with Gasteiger partial charge in [-0.25, -0.2) is 9.97 Å². The molecule has 0 amide bonds. The highest BCUT2D eigenvalue weighted by molar-refractivity contribution is 5.57. The Morgan fingerprint density at radius 3 is 2.46 bits per heavy atom. The molecule has 0 spiro atoms. The molecule has 1 aliphatic rings. The number of benzene rings is 1. The van der Waals surface area contributed by atoms with Crippen molar-refractivity contribution in [2.75, 3.05) is 18.4 Å². The second kappa shape index (κ2) is 7.93. The van der Waals surface area contributed by atoms with Gasteiger partial charge in [-0.2, -0.15) is 0 Å². The quantitative estimate of drug-likeness (QED) is 0.730. The highest BCUT2D eigenvalue weighted by Gasteiger charge is 2.21. The zero-order valence-electron chi connectivity index (χ0n) is 14.4. The van der Waals surface area contributed by atoms with Gasteiger partial charge in [0.05, 0.1) is 0 Å². The Bertz CT molecular complexity index is 832. The number of piperidine rings is 1. The number of pyridine rings is 1. The van der Waals surface area contributed by atoms with Crippen molar-refractivity contribution in [3.63, 3.8) is 0 Å². The average Bonchev–Trinajstić information content (AvgIpc) is 2.71. The summed E-state index contributed by atoms with van der Waals surface area (Å²) in [4.78, 5) is 13.2. The molecular formula is C20H21N5O. The molecule has 1 aliphatic heterocycles. The van der Waals surface area contributed by atoms with Crippen LogP contribution in [0.1, 0.15) is 24.5 Å². The first-order valence-corrected chi connectivity index (χ1v) is 8.86. The Morgan fingerprint density at radius 2 is 1.69 bits per heavy atom. The van der Waals surface area contributed by atoms with E-state index >= 15 is 0 Å². The maximum Gasteiger partial charge on any atom is 0.241 e. The van der Waals surface area contributed by atoms with Gasteiger partial charge in [0, 0.05) is 30.2 Å². The number of nitrogens with zero attached hydrogens (tertiary/aromatic N) is 3.